The van der Waals surface area contributed by atoms with E-state index in [1.165, 1.54) is 0 Å². The van der Waals surface area contributed by atoms with Crippen molar-refractivity contribution in [2.75, 3.05) is 5.32 Å². The molecule has 0 aliphatic heterocycles. The molecule has 0 bridgehead atoms. The lowest BCUT2D eigenvalue weighted by atomic mass is 10.1. The number of nitrogens with zero attached hydrogens (tertiary/aromatic N) is 1. The van der Waals surface area contributed by atoms with Crippen LogP contribution in [0.1, 0.15) is 5.56 Å². The van der Waals surface area contributed by atoms with Crippen LogP contribution in [0.5, 0.6) is 0 Å². The predicted octanol–water partition coefficient (Wildman–Crippen LogP) is 2.74. The number of nitrogens with one attached hydrogen (secondary N) is 1. The zero-order valence-corrected chi connectivity index (χ0v) is 12.1. The van der Waals surface area contributed by atoms with E-state index in [9.17, 15) is 4.79 Å². The maximum atomic E-state index is 12.3. The van der Waals surface area contributed by atoms with Gasteiger partial charge in [0.25, 0.3) is 0 Å². The van der Waals surface area contributed by atoms with Crippen molar-refractivity contribution in [2.24, 2.45) is 5.73 Å². The van der Waals surface area contributed by atoms with Gasteiger partial charge in [0.2, 0.25) is 5.91 Å². The zero-order chi connectivity index (χ0) is 15.4. The summed E-state index contributed by atoms with van der Waals surface area (Å²) in [7, 11) is 0. The Kier molecular flexibility index (Phi) is 4.12. The Labute approximate surface area is 129 Å². The summed E-state index contributed by atoms with van der Waals surface area (Å²) in [4.78, 5) is 16.6. The topological polar surface area (TPSA) is 68.0 Å². The van der Waals surface area contributed by atoms with Crippen molar-refractivity contribution < 1.29 is 4.79 Å². The Morgan fingerprint density at radius 2 is 1.77 bits per heavy atom. The van der Waals surface area contributed by atoms with Crippen LogP contribution in [0.2, 0.25) is 0 Å². The van der Waals surface area contributed by atoms with Crippen molar-refractivity contribution in [3.05, 3.63) is 72.4 Å². The van der Waals surface area contributed by atoms with Crippen LogP contribution in [0.15, 0.2) is 66.9 Å². The number of carbonyl (C=O) groups is 1. The Morgan fingerprint density at radius 3 is 2.59 bits per heavy atom. The molecule has 4 heteroatoms. The first-order valence-electron chi connectivity index (χ1n) is 7.18. The van der Waals surface area contributed by atoms with Crippen molar-refractivity contribution in [1.29, 1.82) is 0 Å². The molecule has 0 unspecified atom stereocenters. The van der Waals surface area contributed by atoms with Crippen molar-refractivity contribution in [3.63, 3.8) is 0 Å². The third-order valence-corrected chi connectivity index (χ3v) is 3.54. The normalized spacial score (nSPS) is 12.0. The van der Waals surface area contributed by atoms with E-state index in [1.807, 2.05) is 54.6 Å². The summed E-state index contributed by atoms with van der Waals surface area (Å²) in [5.74, 6) is -0.194. The number of pyridine rings is 1. The number of para-hydroxylation sites is 1. The molecule has 0 saturated heterocycles. The van der Waals surface area contributed by atoms with Crippen molar-refractivity contribution in [3.8, 4) is 0 Å². The molecule has 110 valence electrons. The van der Waals surface area contributed by atoms with E-state index in [1.54, 1.807) is 12.3 Å². The molecule has 1 heterocycles. The molecule has 1 amide bonds. The van der Waals surface area contributed by atoms with E-state index >= 15 is 0 Å². The molecule has 2 aromatic carbocycles. The fraction of sp³-hybridized carbons (Fsp3) is 0.111. The summed E-state index contributed by atoms with van der Waals surface area (Å²) in [6.07, 6.45) is 2.19. The smallest absolute Gasteiger partial charge is 0.241 e. The highest BCUT2D eigenvalue weighted by molar-refractivity contribution is 6.02. The molecule has 0 saturated carbocycles. The van der Waals surface area contributed by atoms with Crippen LogP contribution in [0.25, 0.3) is 10.9 Å². The number of hydrogen-bond donors (Lipinski definition) is 2. The Bertz CT molecular complexity index is 781. The first kappa shape index (κ1) is 14.2. The molecule has 0 radical (unpaired) electrons. The minimum absolute atomic E-state index is 0.194. The van der Waals surface area contributed by atoms with Gasteiger partial charge in [-0.2, -0.15) is 0 Å². The van der Waals surface area contributed by atoms with Gasteiger partial charge < -0.3 is 11.1 Å². The highest BCUT2D eigenvalue weighted by Gasteiger charge is 2.15. The highest BCUT2D eigenvalue weighted by atomic mass is 16.2. The molecular weight excluding hydrogens is 274 g/mol. The number of hydrogen-bond acceptors (Lipinski definition) is 3. The van der Waals surface area contributed by atoms with Gasteiger partial charge in [-0.1, -0.05) is 48.5 Å². The fourth-order valence-electron chi connectivity index (χ4n) is 2.39. The lowest BCUT2D eigenvalue weighted by Crippen LogP contribution is -2.37. The van der Waals surface area contributed by atoms with Crippen LogP contribution in [0.3, 0.4) is 0 Å². The van der Waals surface area contributed by atoms with Gasteiger partial charge in [-0.05, 0) is 24.1 Å². The predicted molar refractivity (Wildman–Crippen MR) is 88.5 cm³/mol. The van der Waals surface area contributed by atoms with Crippen LogP contribution in [-0.4, -0.2) is 16.9 Å². The van der Waals surface area contributed by atoms with E-state index in [2.05, 4.69) is 10.3 Å². The number of fused-ring (bicyclic) bond motifs is 1. The summed E-state index contributed by atoms with van der Waals surface area (Å²) in [6.45, 7) is 0. The Morgan fingerprint density at radius 1 is 1.05 bits per heavy atom. The maximum Gasteiger partial charge on any atom is 0.241 e. The summed E-state index contributed by atoms with van der Waals surface area (Å²) < 4.78 is 0. The SMILES string of the molecule is N[C@H](Cc1ccccc1)C(=O)Nc1ccnc2ccccc12. The summed E-state index contributed by atoms with van der Waals surface area (Å²) in [5, 5.41) is 3.81. The second kappa shape index (κ2) is 6.37. The highest BCUT2D eigenvalue weighted by Crippen LogP contribution is 2.21. The summed E-state index contributed by atoms with van der Waals surface area (Å²) in [5.41, 5.74) is 8.64. The van der Waals surface area contributed by atoms with Crippen molar-refractivity contribution in [1.82, 2.24) is 4.98 Å². The molecule has 22 heavy (non-hydrogen) atoms. The van der Waals surface area contributed by atoms with Gasteiger partial charge in [-0.3, -0.25) is 9.78 Å². The molecular formula is C18H17N3O. The monoisotopic (exact) mass is 291 g/mol. The van der Waals surface area contributed by atoms with E-state index < -0.39 is 6.04 Å². The average molecular weight is 291 g/mol. The lowest BCUT2D eigenvalue weighted by molar-refractivity contribution is -0.117. The molecule has 4 nitrogen and oxygen atoms in total. The molecule has 0 aliphatic carbocycles. The summed E-state index contributed by atoms with van der Waals surface area (Å²) >= 11 is 0. The Hall–Kier alpha value is -2.72. The van der Waals surface area contributed by atoms with Crippen LogP contribution in [0, 0.1) is 0 Å². The molecule has 1 aromatic heterocycles. The molecule has 0 spiro atoms. The largest absolute Gasteiger partial charge is 0.324 e. The Balaban J connectivity index is 1.75. The van der Waals surface area contributed by atoms with Gasteiger partial charge in [-0.15, -0.1) is 0 Å². The number of amides is 1. The second-order valence-corrected chi connectivity index (χ2v) is 5.16. The van der Waals surface area contributed by atoms with Gasteiger partial charge in [0.05, 0.1) is 17.2 Å². The van der Waals surface area contributed by atoms with Crippen LogP contribution in [0.4, 0.5) is 5.69 Å². The quantitative estimate of drug-likeness (QED) is 0.776. The summed E-state index contributed by atoms with van der Waals surface area (Å²) in [6, 6.07) is 18.6. The van der Waals surface area contributed by atoms with Gasteiger partial charge in [-0.25, -0.2) is 0 Å². The first-order valence-corrected chi connectivity index (χ1v) is 7.18. The van der Waals surface area contributed by atoms with E-state index in [-0.39, 0.29) is 5.91 Å². The first-order chi connectivity index (χ1) is 10.7. The van der Waals surface area contributed by atoms with Gasteiger partial charge >= 0.3 is 0 Å². The maximum absolute atomic E-state index is 12.3. The van der Waals surface area contributed by atoms with Gasteiger partial charge in [0, 0.05) is 11.6 Å². The van der Waals surface area contributed by atoms with E-state index in [0.29, 0.717) is 6.42 Å². The minimum atomic E-state index is -0.589. The average Bonchev–Trinajstić information content (AvgIpc) is 2.56. The molecule has 3 N–H and O–H groups in total. The van der Waals surface area contributed by atoms with Crippen molar-refractivity contribution >= 4 is 22.5 Å². The number of aromatic nitrogens is 1. The lowest BCUT2D eigenvalue weighted by Gasteiger charge is -2.13. The third kappa shape index (κ3) is 3.13. The van der Waals surface area contributed by atoms with Crippen LogP contribution >= 0.6 is 0 Å². The third-order valence-electron chi connectivity index (χ3n) is 3.54. The van der Waals surface area contributed by atoms with Crippen molar-refractivity contribution in [2.45, 2.75) is 12.5 Å². The molecule has 0 aliphatic rings. The number of anilines is 1. The molecule has 0 fully saturated rings. The fourth-order valence-corrected chi connectivity index (χ4v) is 2.39. The number of carbonyl (C=O) groups excluding carboxylic acids is 1. The van der Waals surface area contributed by atoms with Gasteiger partial charge in [0.15, 0.2) is 0 Å². The van der Waals surface area contributed by atoms with Crippen LogP contribution < -0.4 is 11.1 Å². The van der Waals surface area contributed by atoms with Crippen LogP contribution in [-0.2, 0) is 11.2 Å². The number of benzene rings is 2. The molecule has 1 atom stereocenters. The van der Waals surface area contributed by atoms with Gasteiger partial charge in [0.1, 0.15) is 0 Å². The zero-order valence-electron chi connectivity index (χ0n) is 12.1. The second-order valence-electron chi connectivity index (χ2n) is 5.16. The molecule has 3 rings (SSSR count). The van der Waals surface area contributed by atoms with E-state index in [4.69, 9.17) is 5.73 Å². The molecule has 3 aromatic rings. The number of nitrogens with two attached hydrogens (primary N) is 1. The standard InChI is InChI=1S/C18H17N3O/c19-15(12-13-6-2-1-3-7-13)18(22)21-17-10-11-20-16-9-5-4-8-14(16)17/h1-11,15H,12,19H2,(H,20,21,22)/t15-/m1/s1. The van der Waals surface area contributed by atoms with E-state index in [0.717, 1.165) is 22.2 Å². The minimum Gasteiger partial charge on any atom is -0.324 e. The number of rotatable bonds is 4.